The molecule has 1 amide bonds. The van der Waals surface area contributed by atoms with Crippen LogP contribution in [0.15, 0.2) is 0 Å². The van der Waals surface area contributed by atoms with Crippen LogP contribution in [0.2, 0.25) is 0 Å². The number of amides is 1. The smallest absolute Gasteiger partial charge is 0.221 e. The second-order valence-electron chi connectivity index (χ2n) is 6.32. The molecule has 1 aliphatic heterocycles. The van der Waals surface area contributed by atoms with E-state index in [9.17, 15) is 4.79 Å². The van der Waals surface area contributed by atoms with Crippen LogP contribution in [0.1, 0.15) is 39.0 Å². The fraction of sp³-hybridized carbons (Fsp3) is 0.933. The van der Waals surface area contributed by atoms with E-state index in [2.05, 4.69) is 10.6 Å². The lowest BCUT2D eigenvalue weighted by Gasteiger charge is -2.61. The molecule has 1 spiro atoms. The first-order chi connectivity index (χ1) is 9.74. The van der Waals surface area contributed by atoms with Crippen LogP contribution in [0.4, 0.5) is 0 Å². The summed E-state index contributed by atoms with van der Waals surface area (Å²) in [4.78, 5) is 12.2. The van der Waals surface area contributed by atoms with Crippen LogP contribution in [-0.4, -0.2) is 50.5 Å². The Morgan fingerprint density at radius 1 is 1.50 bits per heavy atom. The minimum atomic E-state index is 0.152. The third-order valence-corrected chi connectivity index (χ3v) is 5.20. The predicted molar refractivity (Wildman–Crippen MR) is 75.5 cm³/mol. The monoisotopic (exact) mass is 282 g/mol. The molecular formula is C15H26N2O3. The Balaban J connectivity index is 1.47. The minimum absolute atomic E-state index is 0.152. The molecule has 1 saturated heterocycles. The van der Waals surface area contributed by atoms with Crippen LogP contribution in [0.5, 0.6) is 0 Å². The van der Waals surface area contributed by atoms with Gasteiger partial charge in [-0.25, -0.2) is 0 Å². The molecule has 0 aromatic rings. The Morgan fingerprint density at radius 3 is 2.95 bits per heavy atom. The fourth-order valence-electron chi connectivity index (χ4n) is 3.87. The van der Waals surface area contributed by atoms with Gasteiger partial charge in [-0.05, 0) is 26.2 Å². The zero-order valence-electron chi connectivity index (χ0n) is 12.3. The first-order valence-corrected chi connectivity index (χ1v) is 7.96. The maximum Gasteiger partial charge on any atom is 0.221 e. The summed E-state index contributed by atoms with van der Waals surface area (Å²) in [5, 5.41) is 6.56. The first-order valence-electron chi connectivity index (χ1n) is 7.96. The number of carbonyl (C=O) groups is 1. The van der Waals surface area contributed by atoms with Gasteiger partial charge in [0.25, 0.3) is 0 Å². The van der Waals surface area contributed by atoms with Crippen LogP contribution in [0, 0.1) is 5.41 Å². The van der Waals surface area contributed by atoms with Crippen molar-refractivity contribution in [3.63, 3.8) is 0 Å². The molecule has 114 valence electrons. The van der Waals surface area contributed by atoms with E-state index >= 15 is 0 Å². The molecule has 3 fully saturated rings. The van der Waals surface area contributed by atoms with Gasteiger partial charge >= 0.3 is 0 Å². The number of carbonyl (C=O) groups excluding carboxylic acids is 1. The maximum absolute atomic E-state index is 12.2. The molecule has 2 saturated carbocycles. The van der Waals surface area contributed by atoms with Gasteiger partial charge in [0.1, 0.15) is 0 Å². The van der Waals surface area contributed by atoms with Gasteiger partial charge in [0, 0.05) is 37.1 Å². The fourth-order valence-corrected chi connectivity index (χ4v) is 3.87. The second kappa shape index (κ2) is 6.00. The van der Waals surface area contributed by atoms with E-state index < -0.39 is 0 Å². The van der Waals surface area contributed by atoms with Gasteiger partial charge in [-0.1, -0.05) is 6.42 Å². The molecule has 1 heterocycles. The number of ether oxygens (including phenoxy) is 2. The molecule has 3 atom stereocenters. The number of nitrogens with one attached hydrogen (secondary N) is 2. The highest BCUT2D eigenvalue weighted by Gasteiger charge is 2.59. The highest BCUT2D eigenvalue weighted by molar-refractivity contribution is 5.77. The van der Waals surface area contributed by atoms with E-state index in [1.165, 1.54) is 19.3 Å². The van der Waals surface area contributed by atoms with Crippen molar-refractivity contribution in [2.75, 3.05) is 26.4 Å². The van der Waals surface area contributed by atoms with Crippen molar-refractivity contribution in [1.29, 1.82) is 0 Å². The van der Waals surface area contributed by atoms with Crippen molar-refractivity contribution in [2.24, 2.45) is 5.41 Å². The molecular weight excluding hydrogens is 256 g/mol. The normalized spacial score (nSPS) is 35.1. The highest BCUT2D eigenvalue weighted by atomic mass is 16.5. The zero-order valence-corrected chi connectivity index (χ0v) is 12.3. The largest absolute Gasteiger partial charge is 0.378 e. The molecule has 2 aliphatic carbocycles. The van der Waals surface area contributed by atoms with E-state index in [4.69, 9.17) is 9.47 Å². The summed E-state index contributed by atoms with van der Waals surface area (Å²) in [7, 11) is 0. The summed E-state index contributed by atoms with van der Waals surface area (Å²) < 4.78 is 11.2. The van der Waals surface area contributed by atoms with E-state index in [1.54, 1.807) is 0 Å². The van der Waals surface area contributed by atoms with Gasteiger partial charge in [0.2, 0.25) is 5.91 Å². The summed E-state index contributed by atoms with van der Waals surface area (Å²) in [6, 6.07) is 0.494. The third-order valence-electron chi connectivity index (χ3n) is 5.20. The second-order valence-corrected chi connectivity index (χ2v) is 6.32. The zero-order chi connectivity index (χ0) is 14.0. The van der Waals surface area contributed by atoms with Gasteiger partial charge in [-0.15, -0.1) is 0 Å². The maximum atomic E-state index is 12.2. The van der Waals surface area contributed by atoms with Crippen molar-refractivity contribution >= 4 is 5.91 Å². The minimum Gasteiger partial charge on any atom is -0.378 e. The Kier molecular flexibility index (Phi) is 4.29. The molecule has 0 bridgehead atoms. The number of hydrogen-bond donors (Lipinski definition) is 2. The van der Waals surface area contributed by atoms with Crippen LogP contribution in [0.25, 0.3) is 0 Å². The first kappa shape index (κ1) is 14.3. The van der Waals surface area contributed by atoms with Gasteiger partial charge in [-0.3, -0.25) is 4.79 Å². The molecule has 0 aromatic carbocycles. The molecule has 0 aromatic heterocycles. The standard InChI is InChI=1S/C15H26N2O3/c1-2-20-13-9-12(15(13)4-3-5-15)17-14(18)8-11-10-19-7-6-16-11/h11-13,16H,2-10H2,1H3,(H,17,18). The number of hydrogen-bond acceptors (Lipinski definition) is 4. The van der Waals surface area contributed by atoms with Crippen LogP contribution in [0.3, 0.4) is 0 Å². The van der Waals surface area contributed by atoms with E-state index in [0.29, 0.717) is 25.2 Å². The summed E-state index contributed by atoms with van der Waals surface area (Å²) in [5.41, 5.74) is 0.252. The SMILES string of the molecule is CCOC1CC(NC(=O)CC2COCCN2)C12CCC2. The van der Waals surface area contributed by atoms with Crippen molar-refractivity contribution in [3.8, 4) is 0 Å². The van der Waals surface area contributed by atoms with Crippen molar-refractivity contribution in [1.82, 2.24) is 10.6 Å². The summed E-state index contributed by atoms with van der Waals surface area (Å²) in [6.07, 6.45) is 5.54. The van der Waals surface area contributed by atoms with Crippen molar-refractivity contribution < 1.29 is 14.3 Å². The molecule has 2 N–H and O–H groups in total. The molecule has 3 rings (SSSR count). The highest BCUT2D eigenvalue weighted by Crippen LogP contribution is 2.57. The third kappa shape index (κ3) is 2.59. The lowest BCUT2D eigenvalue weighted by atomic mass is 9.51. The summed E-state index contributed by atoms with van der Waals surface area (Å²) >= 11 is 0. The van der Waals surface area contributed by atoms with E-state index in [0.717, 1.165) is 26.2 Å². The average molecular weight is 282 g/mol. The molecule has 3 aliphatic rings. The van der Waals surface area contributed by atoms with Crippen LogP contribution in [-0.2, 0) is 14.3 Å². The number of morpholine rings is 1. The average Bonchev–Trinajstić information content (AvgIpc) is 2.36. The van der Waals surface area contributed by atoms with E-state index in [-0.39, 0.29) is 17.4 Å². The van der Waals surface area contributed by atoms with Gasteiger partial charge < -0.3 is 20.1 Å². The van der Waals surface area contributed by atoms with Crippen molar-refractivity contribution in [3.05, 3.63) is 0 Å². The predicted octanol–water partition coefficient (Wildman–Crippen LogP) is 0.829. The van der Waals surface area contributed by atoms with Crippen LogP contribution >= 0.6 is 0 Å². The Labute approximate surface area is 120 Å². The molecule has 0 radical (unpaired) electrons. The van der Waals surface area contributed by atoms with Gasteiger partial charge in [0.15, 0.2) is 0 Å². The molecule has 5 nitrogen and oxygen atoms in total. The van der Waals surface area contributed by atoms with Gasteiger partial charge in [-0.2, -0.15) is 0 Å². The molecule has 3 unspecified atom stereocenters. The molecule has 20 heavy (non-hydrogen) atoms. The summed E-state index contributed by atoms with van der Waals surface area (Å²) in [5.74, 6) is 0.152. The van der Waals surface area contributed by atoms with E-state index in [1.807, 2.05) is 6.92 Å². The lowest BCUT2D eigenvalue weighted by Crippen LogP contribution is -2.67. The number of rotatable bonds is 5. The molecule has 5 heteroatoms. The van der Waals surface area contributed by atoms with Crippen molar-refractivity contribution in [2.45, 2.75) is 57.2 Å². The van der Waals surface area contributed by atoms with Crippen LogP contribution < -0.4 is 10.6 Å². The Hall–Kier alpha value is -0.650. The van der Waals surface area contributed by atoms with Gasteiger partial charge in [0.05, 0.1) is 19.3 Å². The lowest BCUT2D eigenvalue weighted by molar-refractivity contribution is -0.176. The Morgan fingerprint density at radius 2 is 2.35 bits per heavy atom. The quantitative estimate of drug-likeness (QED) is 0.784. The topological polar surface area (TPSA) is 59.6 Å². The summed E-state index contributed by atoms with van der Waals surface area (Å²) in [6.45, 7) is 5.06. The Bertz CT molecular complexity index is 351.